The smallest absolute Gasteiger partial charge is 0.258 e. The Balaban J connectivity index is 1.65. The molecule has 0 spiro atoms. The van der Waals surface area contributed by atoms with Crippen LogP contribution in [-0.2, 0) is 5.54 Å². The third kappa shape index (κ3) is 4.26. The van der Waals surface area contributed by atoms with Crippen molar-refractivity contribution in [3.63, 3.8) is 0 Å². The molecular weight excluding hydrogens is 424 g/mol. The van der Waals surface area contributed by atoms with Crippen LogP contribution in [-0.4, -0.2) is 45.2 Å². The number of aliphatic hydroxyl groups excluding tert-OH is 2. The fourth-order valence-corrected chi connectivity index (χ4v) is 3.17. The molecule has 0 aliphatic carbocycles. The van der Waals surface area contributed by atoms with Crippen LogP contribution in [0.3, 0.4) is 0 Å². The Morgan fingerprint density at radius 3 is 2.65 bits per heavy atom. The van der Waals surface area contributed by atoms with Crippen LogP contribution >= 0.6 is 11.6 Å². The molecule has 4 rings (SSSR count). The van der Waals surface area contributed by atoms with Gasteiger partial charge in [0.1, 0.15) is 22.0 Å². The summed E-state index contributed by atoms with van der Waals surface area (Å²) in [6.07, 6.45) is 0.842. The Labute approximate surface area is 182 Å². The quantitative estimate of drug-likeness (QED) is 0.349. The van der Waals surface area contributed by atoms with E-state index in [1.807, 2.05) is 6.92 Å². The number of benzene rings is 1. The van der Waals surface area contributed by atoms with Gasteiger partial charge in [-0.25, -0.2) is 4.98 Å². The number of nitrogens with zero attached hydrogens (tertiary/aromatic N) is 3. The number of halogens is 1. The van der Waals surface area contributed by atoms with Crippen molar-refractivity contribution < 1.29 is 23.9 Å². The van der Waals surface area contributed by atoms with Crippen LogP contribution in [0.5, 0.6) is 5.88 Å². The summed E-state index contributed by atoms with van der Waals surface area (Å²) in [4.78, 5) is 8.58. The highest BCUT2D eigenvalue weighted by Gasteiger charge is 2.30. The van der Waals surface area contributed by atoms with Gasteiger partial charge in [0.2, 0.25) is 11.7 Å². The van der Waals surface area contributed by atoms with Crippen molar-refractivity contribution in [2.75, 3.05) is 19.8 Å². The van der Waals surface area contributed by atoms with E-state index in [2.05, 4.69) is 15.1 Å². The van der Waals surface area contributed by atoms with E-state index in [-0.39, 0.29) is 16.8 Å². The normalized spacial score (nSPS) is 11.9. The predicted octanol–water partition coefficient (Wildman–Crippen LogP) is 3.13. The predicted molar refractivity (Wildman–Crippen MR) is 114 cm³/mol. The highest BCUT2D eigenvalue weighted by Crippen LogP contribution is 2.31. The first kappa shape index (κ1) is 21.3. The summed E-state index contributed by atoms with van der Waals surface area (Å²) in [6, 6.07) is 10.3. The maximum atomic E-state index is 9.49. The standard InChI is InChI=1S/C21H21ClN4O5/c1-2-5-29-18-9-14(8-17(22)24-18)20-25-19(26-31-20)12-3-4-15-13(6-12)7-16(30-15)21(23,10-27)11-28/h3-4,6-9,27-28H,2,5,10-11,23H2,1H3. The molecule has 0 bridgehead atoms. The third-order valence-electron chi connectivity index (χ3n) is 4.73. The third-order valence-corrected chi connectivity index (χ3v) is 4.92. The second kappa shape index (κ2) is 8.64. The molecule has 0 radical (unpaired) electrons. The van der Waals surface area contributed by atoms with E-state index in [1.54, 1.807) is 36.4 Å². The molecule has 0 atom stereocenters. The van der Waals surface area contributed by atoms with Crippen molar-refractivity contribution in [3.8, 4) is 28.7 Å². The van der Waals surface area contributed by atoms with Gasteiger partial charge in [-0.15, -0.1) is 0 Å². The Morgan fingerprint density at radius 1 is 1.10 bits per heavy atom. The molecule has 3 aromatic heterocycles. The lowest BCUT2D eigenvalue weighted by atomic mass is 10.00. The molecule has 1 aromatic carbocycles. The van der Waals surface area contributed by atoms with Crippen LogP contribution in [0.4, 0.5) is 0 Å². The summed E-state index contributed by atoms with van der Waals surface area (Å²) in [5.41, 5.74) is 6.46. The van der Waals surface area contributed by atoms with Gasteiger partial charge in [-0.05, 0) is 36.8 Å². The molecule has 10 heteroatoms. The minimum Gasteiger partial charge on any atom is -0.478 e. The van der Waals surface area contributed by atoms with E-state index in [0.29, 0.717) is 35.0 Å². The van der Waals surface area contributed by atoms with Crippen molar-refractivity contribution in [3.05, 3.63) is 47.3 Å². The topological polar surface area (TPSA) is 141 Å². The van der Waals surface area contributed by atoms with Gasteiger partial charge in [-0.3, -0.25) is 0 Å². The van der Waals surface area contributed by atoms with E-state index >= 15 is 0 Å². The summed E-state index contributed by atoms with van der Waals surface area (Å²) >= 11 is 6.09. The number of aliphatic hydroxyl groups is 2. The summed E-state index contributed by atoms with van der Waals surface area (Å²) in [7, 11) is 0. The van der Waals surface area contributed by atoms with Crippen LogP contribution in [0.1, 0.15) is 19.1 Å². The molecule has 31 heavy (non-hydrogen) atoms. The first-order chi connectivity index (χ1) is 15.0. The van der Waals surface area contributed by atoms with Gasteiger partial charge in [0.25, 0.3) is 5.89 Å². The number of pyridine rings is 1. The Morgan fingerprint density at radius 2 is 1.90 bits per heavy atom. The molecule has 0 aliphatic heterocycles. The van der Waals surface area contributed by atoms with Gasteiger partial charge >= 0.3 is 0 Å². The van der Waals surface area contributed by atoms with Crippen LogP contribution in [0.2, 0.25) is 5.15 Å². The highest BCUT2D eigenvalue weighted by atomic mass is 35.5. The zero-order chi connectivity index (χ0) is 22.0. The van der Waals surface area contributed by atoms with E-state index in [1.165, 1.54) is 0 Å². The van der Waals surface area contributed by atoms with Crippen molar-refractivity contribution in [2.45, 2.75) is 18.9 Å². The Kier molecular flexibility index (Phi) is 5.92. The van der Waals surface area contributed by atoms with Crippen molar-refractivity contribution in [2.24, 2.45) is 5.73 Å². The summed E-state index contributed by atoms with van der Waals surface area (Å²) in [5, 5.41) is 24.0. The molecule has 0 amide bonds. The van der Waals surface area contributed by atoms with E-state index in [4.69, 9.17) is 31.0 Å². The van der Waals surface area contributed by atoms with Crippen LogP contribution in [0.15, 0.2) is 45.3 Å². The average Bonchev–Trinajstić information content (AvgIpc) is 3.44. The van der Waals surface area contributed by atoms with Gasteiger partial charge in [-0.2, -0.15) is 4.98 Å². The monoisotopic (exact) mass is 444 g/mol. The molecule has 0 unspecified atom stereocenters. The number of aromatic nitrogens is 3. The molecular formula is C21H21ClN4O5. The van der Waals surface area contributed by atoms with E-state index in [0.717, 1.165) is 11.8 Å². The average molecular weight is 445 g/mol. The Bertz CT molecular complexity index is 1200. The lowest BCUT2D eigenvalue weighted by Gasteiger charge is -2.21. The van der Waals surface area contributed by atoms with Crippen molar-refractivity contribution in [1.29, 1.82) is 0 Å². The van der Waals surface area contributed by atoms with E-state index < -0.39 is 18.8 Å². The molecule has 162 valence electrons. The van der Waals surface area contributed by atoms with Gasteiger partial charge < -0.3 is 29.6 Å². The van der Waals surface area contributed by atoms with E-state index in [9.17, 15) is 10.2 Å². The second-order valence-electron chi connectivity index (χ2n) is 7.12. The minimum atomic E-state index is -1.36. The summed E-state index contributed by atoms with van der Waals surface area (Å²) in [6.45, 7) is 1.60. The molecule has 3 heterocycles. The molecule has 0 saturated heterocycles. The number of fused-ring (bicyclic) bond motifs is 1. The molecule has 0 aliphatic rings. The minimum absolute atomic E-state index is 0.258. The number of nitrogens with two attached hydrogens (primary N) is 1. The second-order valence-corrected chi connectivity index (χ2v) is 7.51. The van der Waals surface area contributed by atoms with Crippen molar-refractivity contribution in [1.82, 2.24) is 15.1 Å². The van der Waals surface area contributed by atoms with Gasteiger partial charge in [0.05, 0.1) is 19.8 Å². The van der Waals surface area contributed by atoms with Gasteiger partial charge in [0, 0.05) is 22.6 Å². The zero-order valence-corrected chi connectivity index (χ0v) is 17.5. The van der Waals surface area contributed by atoms with Crippen LogP contribution < -0.4 is 10.5 Å². The number of ether oxygens (including phenoxy) is 1. The fraction of sp³-hybridized carbons (Fsp3) is 0.286. The first-order valence-electron chi connectivity index (χ1n) is 9.65. The van der Waals surface area contributed by atoms with Crippen LogP contribution in [0, 0.1) is 0 Å². The SMILES string of the molecule is CCCOc1cc(-c2nc(-c3ccc4oc(C(N)(CO)CO)cc4c3)no2)cc(Cl)n1. The lowest BCUT2D eigenvalue weighted by molar-refractivity contribution is 0.105. The number of hydrogen-bond acceptors (Lipinski definition) is 9. The molecule has 9 nitrogen and oxygen atoms in total. The molecule has 4 N–H and O–H groups in total. The lowest BCUT2D eigenvalue weighted by Crippen LogP contribution is -2.43. The largest absolute Gasteiger partial charge is 0.478 e. The maximum Gasteiger partial charge on any atom is 0.258 e. The fourth-order valence-electron chi connectivity index (χ4n) is 2.97. The first-order valence-corrected chi connectivity index (χ1v) is 10.0. The molecule has 4 aromatic rings. The zero-order valence-electron chi connectivity index (χ0n) is 16.7. The molecule has 0 fully saturated rings. The van der Waals surface area contributed by atoms with Crippen molar-refractivity contribution >= 4 is 22.6 Å². The number of furan rings is 1. The number of rotatable bonds is 8. The Hall–Kier alpha value is -2.98. The summed E-state index contributed by atoms with van der Waals surface area (Å²) in [5.74, 6) is 1.31. The van der Waals surface area contributed by atoms with Gasteiger partial charge in [0.15, 0.2) is 0 Å². The van der Waals surface area contributed by atoms with Gasteiger partial charge in [-0.1, -0.05) is 23.7 Å². The molecule has 0 saturated carbocycles. The maximum absolute atomic E-state index is 9.49. The number of hydrogen-bond donors (Lipinski definition) is 3. The highest BCUT2D eigenvalue weighted by molar-refractivity contribution is 6.29. The van der Waals surface area contributed by atoms with Crippen LogP contribution in [0.25, 0.3) is 33.8 Å². The summed E-state index contributed by atoms with van der Waals surface area (Å²) < 4.78 is 16.7.